The van der Waals surface area contributed by atoms with E-state index in [2.05, 4.69) is 5.32 Å². The van der Waals surface area contributed by atoms with E-state index in [1.807, 2.05) is 13.0 Å². The van der Waals surface area contributed by atoms with Gasteiger partial charge in [-0.05, 0) is 42.8 Å². The molecule has 0 spiro atoms. The highest BCUT2D eigenvalue weighted by atomic mass is 35.5. The highest BCUT2D eigenvalue weighted by Crippen LogP contribution is 2.38. The fourth-order valence-electron chi connectivity index (χ4n) is 2.27. The monoisotopic (exact) mass is 333 g/mol. The van der Waals surface area contributed by atoms with Crippen LogP contribution in [0.5, 0.6) is 11.5 Å². The second-order valence-electron chi connectivity index (χ2n) is 5.11. The molecule has 1 aliphatic rings. The number of halogens is 1. The second-order valence-corrected chi connectivity index (χ2v) is 5.51. The molecule has 0 unspecified atom stereocenters. The Morgan fingerprint density at radius 2 is 2.17 bits per heavy atom. The van der Waals surface area contributed by atoms with Crippen LogP contribution in [-0.4, -0.2) is 19.1 Å². The van der Waals surface area contributed by atoms with Gasteiger partial charge in [0, 0.05) is 6.08 Å². The molecule has 3 rings (SSSR count). The first-order chi connectivity index (χ1) is 11.1. The number of fused-ring (bicyclic) bond motifs is 1. The summed E-state index contributed by atoms with van der Waals surface area (Å²) in [5, 5.41) is 3.29. The van der Waals surface area contributed by atoms with Crippen LogP contribution in [0.25, 0.3) is 6.08 Å². The van der Waals surface area contributed by atoms with Gasteiger partial charge in [0.2, 0.25) is 5.91 Å². The summed E-state index contributed by atoms with van der Waals surface area (Å²) < 4.78 is 16.2. The number of carbonyl (C=O) groups excluding carboxylic acids is 1. The topological polar surface area (TPSA) is 60.7 Å². The van der Waals surface area contributed by atoms with Gasteiger partial charge in [-0.25, -0.2) is 0 Å². The zero-order chi connectivity index (χ0) is 16.2. The summed E-state index contributed by atoms with van der Waals surface area (Å²) in [6.07, 6.45) is 4.69. The van der Waals surface area contributed by atoms with Gasteiger partial charge in [0.05, 0.1) is 17.3 Å². The minimum Gasteiger partial charge on any atom is -0.486 e. The molecule has 0 fully saturated rings. The Labute approximate surface area is 138 Å². The van der Waals surface area contributed by atoms with Crippen LogP contribution in [0.1, 0.15) is 24.3 Å². The summed E-state index contributed by atoms with van der Waals surface area (Å²) in [6, 6.07) is 6.92. The average Bonchev–Trinajstić information content (AvgIpc) is 3.07. The summed E-state index contributed by atoms with van der Waals surface area (Å²) in [5.41, 5.74) is 0.764. The van der Waals surface area contributed by atoms with Crippen LogP contribution < -0.4 is 14.8 Å². The third-order valence-electron chi connectivity index (χ3n) is 3.38. The van der Waals surface area contributed by atoms with Crippen molar-refractivity contribution in [3.8, 4) is 11.5 Å². The van der Waals surface area contributed by atoms with Crippen molar-refractivity contribution in [2.24, 2.45) is 0 Å². The van der Waals surface area contributed by atoms with Gasteiger partial charge in [-0.15, -0.1) is 0 Å². The van der Waals surface area contributed by atoms with E-state index in [-0.39, 0.29) is 11.9 Å². The molecule has 23 heavy (non-hydrogen) atoms. The predicted molar refractivity (Wildman–Crippen MR) is 86.7 cm³/mol. The van der Waals surface area contributed by atoms with E-state index in [1.54, 1.807) is 30.5 Å². The summed E-state index contributed by atoms with van der Waals surface area (Å²) in [6.45, 7) is 2.82. The molecular weight excluding hydrogens is 318 g/mol. The lowest BCUT2D eigenvalue weighted by Crippen LogP contribution is -2.24. The smallest absolute Gasteiger partial charge is 0.244 e. The van der Waals surface area contributed by atoms with Crippen LogP contribution in [0, 0.1) is 0 Å². The first kappa shape index (κ1) is 15.5. The molecule has 5 nitrogen and oxygen atoms in total. The van der Waals surface area contributed by atoms with Crippen molar-refractivity contribution in [3.05, 3.63) is 53.0 Å². The molecular formula is C17H16ClNO4. The molecule has 0 saturated carbocycles. The minimum atomic E-state index is -0.222. The van der Waals surface area contributed by atoms with E-state index in [0.717, 1.165) is 5.56 Å². The lowest BCUT2D eigenvalue weighted by molar-refractivity contribution is -0.117. The number of rotatable bonds is 4. The van der Waals surface area contributed by atoms with Crippen molar-refractivity contribution in [2.75, 3.05) is 13.2 Å². The molecule has 2 aromatic rings. The highest BCUT2D eigenvalue weighted by Gasteiger charge is 2.16. The quantitative estimate of drug-likeness (QED) is 0.868. The van der Waals surface area contributed by atoms with Gasteiger partial charge in [0.15, 0.2) is 11.5 Å². The molecule has 120 valence electrons. The summed E-state index contributed by atoms with van der Waals surface area (Å²) in [4.78, 5) is 12.0. The SMILES string of the molecule is C[C@@H](NC(=O)/C=C/c1cc(Cl)c2c(c1)OCCO2)c1ccco1. The second kappa shape index (κ2) is 6.79. The lowest BCUT2D eigenvalue weighted by atomic mass is 10.1. The van der Waals surface area contributed by atoms with E-state index in [0.29, 0.717) is 35.5 Å². The third kappa shape index (κ3) is 3.68. The van der Waals surface area contributed by atoms with Gasteiger partial charge in [-0.2, -0.15) is 0 Å². The number of furan rings is 1. The predicted octanol–water partition coefficient (Wildman–Crippen LogP) is 3.59. The Morgan fingerprint density at radius 3 is 2.96 bits per heavy atom. The average molecular weight is 334 g/mol. The Hall–Kier alpha value is -2.40. The number of carbonyl (C=O) groups is 1. The normalized spacial score (nSPS) is 14.7. The molecule has 0 aliphatic carbocycles. The van der Waals surface area contributed by atoms with Crippen molar-refractivity contribution in [1.29, 1.82) is 0 Å². The summed E-state index contributed by atoms with van der Waals surface area (Å²) >= 11 is 6.16. The van der Waals surface area contributed by atoms with Crippen LogP contribution in [-0.2, 0) is 4.79 Å². The molecule has 0 bridgehead atoms. The van der Waals surface area contributed by atoms with Crippen molar-refractivity contribution in [2.45, 2.75) is 13.0 Å². The van der Waals surface area contributed by atoms with Gasteiger partial charge in [-0.1, -0.05) is 11.6 Å². The fourth-order valence-corrected chi connectivity index (χ4v) is 2.54. The molecule has 1 aliphatic heterocycles. The maximum Gasteiger partial charge on any atom is 0.244 e. The molecule has 1 N–H and O–H groups in total. The van der Waals surface area contributed by atoms with Crippen molar-refractivity contribution >= 4 is 23.6 Å². The maximum atomic E-state index is 12.0. The lowest BCUT2D eigenvalue weighted by Gasteiger charge is -2.19. The van der Waals surface area contributed by atoms with Crippen molar-refractivity contribution in [3.63, 3.8) is 0 Å². The van der Waals surface area contributed by atoms with Gasteiger partial charge >= 0.3 is 0 Å². The van der Waals surface area contributed by atoms with Crippen LogP contribution in [0.2, 0.25) is 5.02 Å². The Kier molecular flexibility index (Phi) is 4.57. The van der Waals surface area contributed by atoms with E-state index in [9.17, 15) is 4.79 Å². The zero-order valence-electron chi connectivity index (χ0n) is 12.5. The number of benzene rings is 1. The summed E-state index contributed by atoms with van der Waals surface area (Å²) in [7, 11) is 0. The summed E-state index contributed by atoms with van der Waals surface area (Å²) in [5.74, 6) is 1.62. The Morgan fingerprint density at radius 1 is 1.35 bits per heavy atom. The van der Waals surface area contributed by atoms with Crippen molar-refractivity contribution in [1.82, 2.24) is 5.32 Å². The number of hydrogen-bond acceptors (Lipinski definition) is 4. The van der Waals surface area contributed by atoms with Crippen LogP contribution >= 0.6 is 11.6 Å². The Bertz CT molecular complexity index is 724. The fraction of sp³-hybridized carbons (Fsp3) is 0.235. The van der Waals surface area contributed by atoms with E-state index >= 15 is 0 Å². The first-order valence-electron chi connectivity index (χ1n) is 7.24. The molecule has 1 aromatic heterocycles. The van der Waals surface area contributed by atoms with Crippen molar-refractivity contribution < 1.29 is 18.7 Å². The van der Waals surface area contributed by atoms with Crippen LogP contribution in [0.3, 0.4) is 0 Å². The van der Waals surface area contributed by atoms with E-state index < -0.39 is 0 Å². The highest BCUT2D eigenvalue weighted by molar-refractivity contribution is 6.32. The third-order valence-corrected chi connectivity index (χ3v) is 3.66. The van der Waals surface area contributed by atoms with Crippen LogP contribution in [0.4, 0.5) is 0 Å². The molecule has 1 amide bonds. The van der Waals surface area contributed by atoms with E-state index in [4.69, 9.17) is 25.5 Å². The number of nitrogens with one attached hydrogen (secondary N) is 1. The number of hydrogen-bond donors (Lipinski definition) is 1. The molecule has 1 atom stereocenters. The molecule has 6 heteroatoms. The zero-order valence-corrected chi connectivity index (χ0v) is 13.3. The van der Waals surface area contributed by atoms with Crippen LogP contribution in [0.15, 0.2) is 41.0 Å². The van der Waals surface area contributed by atoms with E-state index in [1.165, 1.54) is 6.08 Å². The van der Waals surface area contributed by atoms with Gasteiger partial charge < -0.3 is 19.2 Å². The largest absolute Gasteiger partial charge is 0.486 e. The van der Waals surface area contributed by atoms with Gasteiger partial charge in [0.1, 0.15) is 19.0 Å². The molecule has 1 aromatic carbocycles. The number of ether oxygens (including phenoxy) is 2. The molecule has 2 heterocycles. The first-order valence-corrected chi connectivity index (χ1v) is 7.62. The standard InChI is InChI=1S/C17H16ClNO4/c1-11(14-3-2-6-21-14)19-16(20)5-4-12-9-13(18)17-15(10-12)22-7-8-23-17/h2-6,9-11H,7-8H2,1H3,(H,19,20)/b5-4+/t11-/m1/s1. The Balaban J connectivity index is 1.67. The maximum absolute atomic E-state index is 12.0. The van der Waals surface area contributed by atoms with Gasteiger partial charge in [0.25, 0.3) is 0 Å². The molecule has 0 radical (unpaired) electrons. The number of amides is 1. The molecule has 0 saturated heterocycles. The minimum absolute atomic E-state index is 0.203. The van der Waals surface area contributed by atoms with Gasteiger partial charge in [-0.3, -0.25) is 4.79 Å².